The summed E-state index contributed by atoms with van der Waals surface area (Å²) < 4.78 is 0. The molecule has 1 saturated carbocycles. The van der Waals surface area contributed by atoms with E-state index in [-0.39, 0.29) is 5.56 Å². The summed E-state index contributed by atoms with van der Waals surface area (Å²) in [6.45, 7) is 4.05. The minimum absolute atomic E-state index is 0.0582. The second-order valence-corrected chi connectivity index (χ2v) is 5.36. The number of nitrogens with one attached hydrogen (secondary N) is 2. The molecular formula is C13H19N3O. The van der Waals surface area contributed by atoms with Crippen LogP contribution in [0.4, 0.5) is 0 Å². The van der Waals surface area contributed by atoms with Crippen LogP contribution in [0.2, 0.25) is 0 Å². The maximum absolute atomic E-state index is 11.9. The van der Waals surface area contributed by atoms with Gasteiger partial charge in [0, 0.05) is 11.5 Å². The fourth-order valence-corrected chi connectivity index (χ4v) is 2.51. The first-order valence-corrected chi connectivity index (χ1v) is 6.54. The van der Waals surface area contributed by atoms with Crippen molar-refractivity contribution in [2.24, 2.45) is 5.92 Å². The molecule has 0 aromatic carbocycles. The number of hydrogen-bond donors (Lipinski definition) is 2. The monoisotopic (exact) mass is 233 g/mol. The minimum atomic E-state index is 0.0582. The van der Waals surface area contributed by atoms with Crippen LogP contribution in [0.1, 0.15) is 42.3 Å². The molecule has 1 aliphatic heterocycles. The Hall–Kier alpha value is -1.16. The summed E-state index contributed by atoms with van der Waals surface area (Å²) in [6.07, 6.45) is 4.50. The van der Waals surface area contributed by atoms with Crippen molar-refractivity contribution in [2.75, 3.05) is 13.1 Å². The lowest BCUT2D eigenvalue weighted by atomic mass is 10.00. The highest BCUT2D eigenvalue weighted by molar-refractivity contribution is 5.19. The molecule has 0 spiro atoms. The largest absolute Gasteiger partial charge is 0.316 e. The summed E-state index contributed by atoms with van der Waals surface area (Å²) in [5.41, 5.74) is 1.88. The third-order valence-electron chi connectivity index (χ3n) is 3.88. The predicted octanol–water partition coefficient (Wildman–Crippen LogP) is 1.11. The smallest absolute Gasteiger partial charge is 0.254 e. The summed E-state index contributed by atoms with van der Waals surface area (Å²) in [5, 5.41) is 3.36. The van der Waals surface area contributed by atoms with Crippen LogP contribution < -0.4 is 10.9 Å². The SMILES string of the molecule is Cc1c(CC2CCNC2)nc(C2CC2)[nH]c1=O. The van der Waals surface area contributed by atoms with E-state index in [2.05, 4.69) is 15.3 Å². The van der Waals surface area contributed by atoms with Gasteiger partial charge in [-0.3, -0.25) is 4.79 Å². The summed E-state index contributed by atoms with van der Waals surface area (Å²) in [7, 11) is 0. The Kier molecular flexibility index (Phi) is 2.74. The third kappa shape index (κ3) is 2.27. The van der Waals surface area contributed by atoms with Gasteiger partial charge in [-0.25, -0.2) is 4.98 Å². The van der Waals surface area contributed by atoms with E-state index in [4.69, 9.17) is 0 Å². The lowest BCUT2D eigenvalue weighted by molar-refractivity contribution is 0.565. The molecule has 2 fully saturated rings. The number of aromatic nitrogens is 2. The summed E-state index contributed by atoms with van der Waals surface area (Å²) in [5.74, 6) is 2.08. The molecule has 17 heavy (non-hydrogen) atoms. The molecule has 0 bridgehead atoms. The van der Waals surface area contributed by atoms with Gasteiger partial charge < -0.3 is 10.3 Å². The van der Waals surface area contributed by atoms with Crippen molar-refractivity contribution in [3.63, 3.8) is 0 Å². The van der Waals surface area contributed by atoms with Crippen molar-refractivity contribution in [3.8, 4) is 0 Å². The van der Waals surface area contributed by atoms with Gasteiger partial charge in [0.05, 0.1) is 5.69 Å². The van der Waals surface area contributed by atoms with Gasteiger partial charge in [-0.15, -0.1) is 0 Å². The van der Waals surface area contributed by atoms with Gasteiger partial charge in [0.25, 0.3) is 5.56 Å². The number of nitrogens with zero attached hydrogens (tertiary/aromatic N) is 1. The number of hydrogen-bond acceptors (Lipinski definition) is 3. The van der Waals surface area contributed by atoms with Crippen LogP contribution in [0.15, 0.2) is 4.79 Å². The highest BCUT2D eigenvalue weighted by Crippen LogP contribution is 2.37. The van der Waals surface area contributed by atoms with E-state index in [9.17, 15) is 4.79 Å². The van der Waals surface area contributed by atoms with Crippen LogP contribution in [-0.4, -0.2) is 23.1 Å². The second-order valence-electron chi connectivity index (χ2n) is 5.36. The number of aromatic amines is 1. The molecule has 0 radical (unpaired) electrons. The zero-order valence-electron chi connectivity index (χ0n) is 10.3. The van der Waals surface area contributed by atoms with Crippen molar-refractivity contribution in [1.29, 1.82) is 0 Å². The molecule has 2 aliphatic rings. The standard InChI is InChI=1S/C13H19N3O/c1-8-11(6-9-4-5-14-7-9)15-12(10-2-3-10)16-13(8)17/h9-10,14H,2-7H2,1H3,(H,15,16,17). The third-order valence-corrected chi connectivity index (χ3v) is 3.88. The van der Waals surface area contributed by atoms with Crippen LogP contribution in [0.3, 0.4) is 0 Å². The van der Waals surface area contributed by atoms with Crippen molar-refractivity contribution < 1.29 is 0 Å². The van der Waals surface area contributed by atoms with Gasteiger partial charge in [0.2, 0.25) is 0 Å². The van der Waals surface area contributed by atoms with Gasteiger partial charge in [-0.2, -0.15) is 0 Å². The average molecular weight is 233 g/mol. The lowest BCUT2D eigenvalue weighted by Crippen LogP contribution is -2.20. The molecule has 92 valence electrons. The Bertz CT molecular complexity index is 470. The molecule has 3 rings (SSSR count). The molecule has 1 aromatic heterocycles. The van der Waals surface area contributed by atoms with Crippen LogP contribution in [0, 0.1) is 12.8 Å². The molecule has 2 N–H and O–H groups in total. The minimum Gasteiger partial charge on any atom is -0.316 e. The Morgan fingerprint density at radius 3 is 2.82 bits per heavy atom. The topological polar surface area (TPSA) is 57.8 Å². The average Bonchev–Trinajstić information content (AvgIpc) is 3.04. The fourth-order valence-electron chi connectivity index (χ4n) is 2.51. The van der Waals surface area contributed by atoms with Crippen molar-refractivity contribution in [1.82, 2.24) is 15.3 Å². The Balaban J connectivity index is 1.87. The molecule has 1 aliphatic carbocycles. The van der Waals surface area contributed by atoms with Gasteiger partial charge in [0.1, 0.15) is 5.82 Å². The molecule has 2 heterocycles. The van der Waals surface area contributed by atoms with Gasteiger partial charge >= 0.3 is 0 Å². The normalized spacial score (nSPS) is 24.2. The highest BCUT2D eigenvalue weighted by Gasteiger charge is 2.27. The van der Waals surface area contributed by atoms with E-state index < -0.39 is 0 Å². The molecule has 1 aromatic rings. The maximum Gasteiger partial charge on any atom is 0.254 e. The Labute approximate surface area is 101 Å². The maximum atomic E-state index is 11.9. The molecule has 1 unspecified atom stereocenters. The summed E-state index contributed by atoms with van der Waals surface area (Å²) in [4.78, 5) is 19.5. The molecule has 0 amide bonds. The van der Waals surface area contributed by atoms with Crippen LogP contribution in [-0.2, 0) is 6.42 Å². The summed E-state index contributed by atoms with van der Waals surface area (Å²) >= 11 is 0. The molecule has 1 saturated heterocycles. The van der Waals surface area contributed by atoms with Crippen molar-refractivity contribution in [2.45, 2.75) is 38.5 Å². The zero-order chi connectivity index (χ0) is 11.8. The second kappa shape index (κ2) is 4.26. The molecule has 4 heteroatoms. The van der Waals surface area contributed by atoms with Crippen molar-refractivity contribution >= 4 is 0 Å². The zero-order valence-corrected chi connectivity index (χ0v) is 10.3. The molecule has 1 atom stereocenters. The van der Waals surface area contributed by atoms with Crippen LogP contribution in [0.5, 0.6) is 0 Å². The first kappa shape index (κ1) is 11.0. The van der Waals surface area contributed by atoms with E-state index in [0.717, 1.165) is 36.6 Å². The van der Waals surface area contributed by atoms with Gasteiger partial charge in [0.15, 0.2) is 0 Å². The van der Waals surface area contributed by atoms with E-state index >= 15 is 0 Å². The van der Waals surface area contributed by atoms with Gasteiger partial charge in [-0.05, 0) is 51.6 Å². The predicted molar refractivity (Wildman–Crippen MR) is 66.3 cm³/mol. The van der Waals surface area contributed by atoms with E-state index in [1.165, 1.54) is 19.3 Å². The van der Waals surface area contributed by atoms with E-state index in [1.54, 1.807) is 0 Å². The van der Waals surface area contributed by atoms with Crippen LogP contribution >= 0.6 is 0 Å². The van der Waals surface area contributed by atoms with E-state index in [0.29, 0.717) is 11.8 Å². The first-order chi connectivity index (χ1) is 8.24. The highest BCUT2D eigenvalue weighted by atomic mass is 16.1. The molecular weight excluding hydrogens is 214 g/mol. The Morgan fingerprint density at radius 2 is 2.18 bits per heavy atom. The van der Waals surface area contributed by atoms with Crippen molar-refractivity contribution in [3.05, 3.63) is 27.4 Å². The molecule has 4 nitrogen and oxygen atoms in total. The Morgan fingerprint density at radius 1 is 1.35 bits per heavy atom. The quantitative estimate of drug-likeness (QED) is 0.822. The van der Waals surface area contributed by atoms with E-state index in [1.807, 2.05) is 6.92 Å². The van der Waals surface area contributed by atoms with Gasteiger partial charge in [-0.1, -0.05) is 0 Å². The first-order valence-electron chi connectivity index (χ1n) is 6.54. The number of rotatable bonds is 3. The fraction of sp³-hybridized carbons (Fsp3) is 0.692. The number of H-pyrrole nitrogens is 1. The summed E-state index contributed by atoms with van der Waals surface area (Å²) in [6, 6.07) is 0. The van der Waals surface area contributed by atoms with Crippen LogP contribution in [0.25, 0.3) is 0 Å². The lowest BCUT2D eigenvalue weighted by Gasteiger charge is -2.11.